The minimum absolute atomic E-state index is 0.00614. The monoisotopic (exact) mass is 292 g/mol. The first kappa shape index (κ1) is 12.7. The molecule has 1 aromatic rings. The van der Waals surface area contributed by atoms with Crippen LogP contribution in [0.3, 0.4) is 0 Å². The van der Waals surface area contributed by atoms with Gasteiger partial charge in [-0.25, -0.2) is 4.98 Å². The van der Waals surface area contributed by atoms with Gasteiger partial charge in [-0.3, -0.25) is 9.36 Å². The summed E-state index contributed by atoms with van der Waals surface area (Å²) >= 11 is 8.77. The second-order valence-electron chi connectivity index (χ2n) is 3.36. The van der Waals surface area contributed by atoms with Gasteiger partial charge in [-0.15, -0.1) is 11.6 Å². The quantitative estimate of drug-likeness (QED) is 0.618. The number of rotatable bonds is 5. The average Bonchev–Trinajstić information content (AvgIpc) is 2.23. The summed E-state index contributed by atoms with van der Waals surface area (Å²) in [4.78, 5) is 15.8. The molecule has 0 unspecified atom stereocenters. The van der Waals surface area contributed by atoms with Gasteiger partial charge in [0.2, 0.25) is 0 Å². The highest BCUT2D eigenvalue weighted by atomic mass is 79.9. The van der Waals surface area contributed by atoms with E-state index < -0.39 is 0 Å². The van der Waals surface area contributed by atoms with Crippen molar-refractivity contribution in [3.05, 3.63) is 26.8 Å². The fourth-order valence-corrected chi connectivity index (χ4v) is 1.86. The van der Waals surface area contributed by atoms with Crippen molar-refractivity contribution < 1.29 is 0 Å². The summed E-state index contributed by atoms with van der Waals surface area (Å²) in [6.07, 6.45) is 4.55. The van der Waals surface area contributed by atoms with Crippen molar-refractivity contribution in [3.8, 4) is 0 Å². The van der Waals surface area contributed by atoms with Gasteiger partial charge in [-0.2, -0.15) is 0 Å². The standard InChI is InChI=1S/C10H14BrClN2O/c1-8-13-7-9(11)10(15)14(8)6-4-2-3-5-12/h7H,2-6H2,1H3. The molecule has 0 N–H and O–H groups in total. The number of aryl methyl sites for hydroxylation is 1. The zero-order valence-electron chi connectivity index (χ0n) is 8.67. The van der Waals surface area contributed by atoms with Crippen LogP contribution in [0, 0.1) is 6.92 Å². The van der Waals surface area contributed by atoms with Crippen LogP contribution in [0.4, 0.5) is 0 Å². The zero-order valence-corrected chi connectivity index (χ0v) is 11.0. The SMILES string of the molecule is Cc1ncc(Br)c(=O)n1CCCCCCl. The Labute approximate surface area is 103 Å². The number of nitrogens with zero attached hydrogens (tertiary/aromatic N) is 2. The second-order valence-corrected chi connectivity index (χ2v) is 4.59. The number of hydrogen-bond acceptors (Lipinski definition) is 2. The molecule has 0 aliphatic carbocycles. The van der Waals surface area contributed by atoms with Crippen LogP contribution in [-0.2, 0) is 6.54 Å². The summed E-state index contributed by atoms with van der Waals surface area (Å²) in [6.45, 7) is 2.56. The minimum Gasteiger partial charge on any atom is -0.296 e. The van der Waals surface area contributed by atoms with E-state index in [1.807, 2.05) is 6.92 Å². The highest BCUT2D eigenvalue weighted by Gasteiger charge is 2.04. The van der Waals surface area contributed by atoms with Crippen LogP contribution >= 0.6 is 27.5 Å². The maximum absolute atomic E-state index is 11.7. The second kappa shape index (κ2) is 6.28. The van der Waals surface area contributed by atoms with E-state index in [1.165, 1.54) is 0 Å². The first-order valence-corrected chi connectivity index (χ1v) is 6.27. The van der Waals surface area contributed by atoms with E-state index in [2.05, 4.69) is 20.9 Å². The number of unbranched alkanes of at least 4 members (excludes halogenated alkanes) is 2. The lowest BCUT2D eigenvalue weighted by Gasteiger charge is -2.08. The number of halogens is 2. The molecule has 0 fully saturated rings. The van der Waals surface area contributed by atoms with Gasteiger partial charge in [0, 0.05) is 18.6 Å². The predicted molar refractivity (Wildman–Crippen MR) is 65.5 cm³/mol. The first-order valence-electron chi connectivity index (χ1n) is 4.94. The molecule has 0 spiro atoms. The van der Waals surface area contributed by atoms with Crippen molar-refractivity contribution in [2.24, 2.45) is 0 Å². The molecule has 1 rings (SSSR count). The molecule has 0 radical (unpaired) electrons. The molecule has 84 valence electrons. The lowest BCUT2D eigenvalue weighted by molar-refractivity contribution is 0.564. The average molecular weight is 294 g/mol. The summed E-state index contributed by atoms with van der Waals surface area (Å²) in [7, 11) is 0. The van der Waals surface area contributed by atoms with Crippen LogP contribution in [0.15, 0.2) is 15.5 Å². The van der Waals surface area contributed by atoms with E-state index in [0.717, 1.165) is 25.1 Å². The molecule has 0 bridgehead atoms. The molecule has 0 amide bonds. The van der Waals surface area contributed by atoms with E-state index in [4.69, 9.17) is 11.6 Å². The molecule has 0 aromatic carbocycles. The van der Waals surface area contributed by atoms with Gasteiger partial charge in [0.25, 0.3) is 5.56 Å². The molecule has 5 heteroatoms. The Balaban J connectivity index is 2.68. The van der Waals surface area contributed by atoms with E-state index in [-0.39, 0.29) is 5.56 Å². The Hall–Kier alpha value is -0.350. The third-order valence-corrected chi connectivity index (χ3v) is 3.03. The Kier molecular flexibility index (Phi) is 5.32. The van der Waals surface area contributed by atoms with Gasteiger partial charge in [0.05, 0.1) is 0 Å². The largest absolute Gasteiger partial charge is 0.296 e. The maximum atomic E-state index is 11.7. The van der Waals surface area contributed by atoms with Crippen LogP contribution in [-0.4, -0.2) is 15.4 Å². The van der Waals surface area contributed by atoms with Crippen molar-refractivity contribution in [2.75, 3.05) is 5.88 Å². The van der Waals surface area contributed by atoms with E-state index >= 15 is 0 Å². The fourth-order valence-electron chi connectivity index (χ4n) is 1.36. The van der Waals surface area contributed by atoms with Crippen molar-refractivity contribution in [2.45, 2.75) is 32.7 Å². The highest BCUT2D eigenvalue weighted by Crippen LogP contribution is 2.04. The lowest BCUT2D eigenvalue weighted by atomic mass is 10.2. The van der Waals surface area contributed by atoms with Crippen molar-refractivity contribution in [1.82, 2.24) is 9.55 Å². The third-order valence-electron chi connectivity index (χ3n) is 2.22. The van der Waals surface area contributed by atoms with Crippen LogP contribution in [0.25, 0.3) is 0 Å². The van der Waals surface area contributed by atoms with E-state index in [0.29, 0.717) is 16.9 Å². The summed E-state index contributed by atoms with van der Waals surface area (Å²) in [5, 5.41) is 0. The number of hydrogen-bond donors (Lipinski definition) is 0. The smallest absolute Gasteiger partial charge is 0.267 e. The van der Waals surface area contributed by atoms with Gasteiger partial charge in [0.1, 0.15) is 10.3 Å². The molecule has 3 nitrogen and oxygen atoms in total. The van der Waals surface area contributed by atoms with Crippen molar-refractivity contribution in [1.29, 1.82) is 0 Å². The Morgan fingerprint density at radius 3 is 2.87 bits per heavy atom. The Bertz CT molecular complexity index is 378. The van der Waals surface area contributed by atoms with Gasteiger partial charge in [-0.05, 0) is 35.7 Å². The normalized spacial score (nSPS) is 10.6. The van der Waals surface area contributed by atoms with Crippen LogP contribution in [0.5, 0.6) is 0 Å². The molecular formula is C10H14BrClN2O. The molecule has 0 saturated heterocycles. The molecule has 0 atom stereocenters. The molecule has 15 heavy (non-hydrogen) atoms. The number of aromatic nitrogens is 2. The molecule has 1 heterocycles. The minimum atomic E-state index is -0.00614. The first-order chi connectivity index (χ1) is 7.16. The Morgan fingerprint density at radius 2 is 2.20 bits per heavy atom. The zero-order chi connectivity index (χ0) is 11.3. The predicted octanol–water partition coefficient (Wildman–Crippen LogP) is 2.72. The topological polar surface area (TPSA) is 34.9 Å². The van der Waals surface area contributed by atoms with Crippen LogP contribution in [0.2, 0.25) is 0 Å². The molecule has 1 aromatic heterocycles. The van der Waals surface area contributed by atoms with Gasteiger partial charge >= 0.3 is 0 Å². The molecule has 0 aliphatic heterocycles. The molecular weight excluding hydrogens is 279 g/mol. The summed E-state index contributed by atoms with van der Waals surface area (Å²) in [5.41, 5.74) is -0.00614. The maximum Gasteiger partial charge on any atom is 0.267 e. The van der Waals surface area contributed by atoms with Crippen molar-refractivity contribution >= 4 is 27.5 Å². The highest BCUT2D eigenvalue weighted by molar-refractivity contribution is 9.10. The van der Waals surface area contributed by atoms with Gasteiger partial charge in [0.15, 0.2) is 0 Å². The van der Waals surface area contributed by atoms with Gasteiger partial charge < -0.3 is 0 Å². The molecule has 0 aliphatic rings. The van der Waals surface area contributed by atoms with E-state index in [9.17, 15) is 4.79 Å². The van der Waals surface area contributed by atoms with Crippen LogP contribution < -0.4 is 5.56 Å². The van der Waals surface area contributed by atoms with E-state index in [1.54, 1.807) is 10.8 Å². The number of alkyl halides is 1. The van der Waals surface area contributed by atoms with Crippen molar-refractivity contribution in [3.63, 3.8) is 0 Å². The lowest BCUT2D eigenvalue weighted by Crippen LogP contribution is -2.24. The summed E-state index contributed by atoms with van der Waals surface area (Å²) in [6, 6.07) is 0. The fraction of sp³-hybridized carbons (Fsp3) is 0.600. The Morgan fingerprint density at radius 1 is 1.47 bits per heavy atom. The summed E-state index contributed by atoms with van der Waals surface area (Å²) < 4.78 is 2.21. The van der Waals surface area contributed by atoms with Gasteiger partial charge in [-0.1, -0.05) is 6.42 Å². The van der Waals surface area contributed by atoms with Crippen LogP contribution in [0.1, 0.15) is 25.1 Å². The third kappa shape index (κ3) is 3.61. The summed E-state index contributed by atoms with van der Waals surface area (Å²) in [5.74, 6) is 1.44. The molecule has 0 saturated carbocycles.